The zero-order valence-electron chi connectivity index (χ0n) is 12.1. The summed E-state index contributed by atoms with van der Waals surface area (Å²) in [6, 6.07) is 6.73. The van der Waals surface area contributed by atoms with Crippen LogP contribution in [-0.2, 0) is 6.42 Å². The summed E-state index contributed by atoms with van der Waals surface area (Å²) < 4.78 is 13.9. The number of benzene rings is 1. The number of nitrogens with two attached hydrogens (primary N) is 1. The first-order valence-electron chi connectivity index (χ1n) is 7.64. The molecule has 2 aliphatic rings. The second kappa shape index (κ2) is 4.81. The van der Waals surface area contributed by atoms with E-state index in [-0.39, 0.29) is 11.2 Å². The van der Waals surface area contributed by atoms with Crippen molar-refractivity contribution < 1.29 is 9.50 Å². The predicted molar refractivity (Wildman–Crippen MR) is 77.7 cm³/mol. The Morgan fingerprint density at radius 3 is 2.70 bits per heavy atom. The number of rotatable bonds is 4. The SMILES string of the molecule is CC(O)(Cc1ccccc1F)C1(CN)CC2CCC1C2. The van der Waals surface area contributed by atoms with E-state index >= 15 is 0 Å². The normalized spacial score (nSPS) is 35.2. The van der Waals surface area contributed by atoms with Crippen LogP contribution in [0.25, 0.3) is 0 Å². The van der Waals surface area contributed by atoms with Gasteiger partial charge in [-0.15, -0.1) is 0 Å². The summed E-state index contributed by atoms with van der Waals surface area (Å²) in [4.78, 5) is 0. The standard InChI is InChI=1S/C17H24FNO/c1-16(20,10-13-4-2-3-5-15(13)18)17(11-19)9-12-6-7-14(17)8-12/h2-5,12,14,20H,6-11,19H2,1H3. The van der Waals surface area contributed by atoms with Crippen LogP contribution in [0.1, 0.15) is 38.2 Å². The lowest BCUT2D eigenvalue weighted by molar-refractivity contribution is -0.0960. The van der Waals surface area contributed by atoms with Gasteiger partial charge in [0.2, 0.25) is 0 Å². The molecule has 0 heterocycles. The van der Waals surface area contributed by atoms with Gasteiger partial charge in [0.1, 0.15) is 5.82 Å². The Morgan fingerprint density at radius 2 is 2.15 bits per heavy atom. The fraction of sp³-hybridized carbons (Fsp3) is 0.647. The highest BCUT2D eigenvalue weighted by molar-refractivity contribution is 5.22. The molecule has 4 unspecified atom stereocenters. The maximum absolute atomic E-state index is 13.9. The lowest BCUT2D eigenvalue weighted by Gasteiger charge is -2.48. The Morgan fingerprint density at radius 1 is 1.40 bits per heavy atom. The van der Waals surface area contributed by atoms with Crippen molar-refractivity contribution >= 4 is 0 Å². The molecule has 2 nitrogen and oxygen atoms in total. The van der Waals surface area contributed by atoms with Crippen molar-refractivity contribution in [2.24, 2.45) is 23.0 Å². The van der Waals surface area contributed by atoms with Crippen LogP contribution >= 0.6 is 0 Å². The minimum absolute atomic E-state index is 0.233. The maximum Gasteiger partial charge on any atom is 0.126 e. The number of halogens is 1. The number of hydrogen-bond donors (Lipinski definition) is 2. The fourth-order valence-electron chi connectivity index (χ4n) is 4.76. The Bertz CT molecular complexity index is 502. The molecule has 0 spiro atoms. The molecule has 3 N–H and O–H groups in total. The van der Waals surface area contributed by atoms with E-state index in [0.29, 0.717) is 30.4 Å². The van der Waals surface area contributed by atoms with Gasteiger partial charge in [0.05, 0.1) is 5.60 Å². The van der Waals surface area contributed by atoms with Crippen LogP contribution in [0.2, 0.25) is 0 Å². The molecule has 3 rings (SSSR count). The number of hydrogen-bond acceptors (Lipinski definition) is 2. The molecule has 1 aromatic carbocycles. The van der Waals surface area contributed by atoms with Crippen LogP contribution in [0.5, 0.6) is 0 Å². The van der Waals surface area contributed by atoms with Crippen LogP contribution in [-0.4, -0.2) is 17.3 Å². The van der Waals surface area contributed by atoms with Gasteiger partial charge in [0, 0.05) is 18.4 Å². The summed E-state index contributed by atoms with van der Waals surface area (Å²) in [6.07, 6.45) is 4.96. The third-order valence-electron chi connectivity index (χ3n) is 5.91. The third kappa shape index (κ3) is 1.99. The van der Waals surface area contributed by atoms with Crippen molar-refractivity contribution in [2.75, 3.05) is 6.54 Å². The first-order valence-corrected chi connectivity index (χ1v) is 7.64. The Kier molecular flexibility index (Phi) is 3.38. The molecule has 2 saturated carbocycles. The lowest BCUT2D eigenvalue weighted by atomic mass is 9.61. The summed E-state index contributed by atoms with van der Waals surface area (Å²) in [6.45, 7) is 2.35. The first kappa shape index (κ1) is 14.0. The molecule has 20 heavy (non-hydrogen) atoms. The quantitative estimate of drug-likeness (QED) is 0.889. The van der Waals surface area contributed by atoms with E-state index in [4.69, 9.17) is 5.73 Å². The number of fused-ring (bicyclic) bond motifs is 2. The minimum atomic E-state index is -0.941. The van der Waals surface area contributed by atoms with Crippen LogP contribution < -0.4 is 5.73 Å². The van der Waals surface area contributed by atoms with Gasteiger partial charge in [0.15, 0.2) is 0 Å². The Balaban J connectivity index is 1.89. The highest BCUT2D eigenvalue weighted by Gasteiger charge is 2.58. The van der Waals surface area contributed by atoms with E-state index in [1.165, 1.54) is 18.9 Å². The van der Waals surface area contributed by atoms with Gasteiger partial charge in [-0.25, -0.2) is 4.39 Å². The van der Waals surface area contributed by atoms with Crippen molar-refractivity contribution in [2.45, 2.75) is 44.6 Å². The summed E-state index contributed by atoms with van der Waals surface area (Å²) >= 11 is 0. The molecule has 2 fully saturated rings. The van der Waals surface area contributed by atoms with E-state index in [1.54, 1.807) is 12.1 Å². The summed E-state index contributed by atoms with van der Waals surface area (Å²) in [5.41, 5.74) is 5.49. The zero-order chi connectivity index (χ0) is 14.4. The molecular weight excluding hydrogens is 253 g/mol. The van der Waals surface area contributed by atoms with Crippen LogP contribution in [0, 0.1) is 23.1 Å². The number of aliphatic hydroxyl groups is 1. The second-order valence-electron chi connectivity index (χ2n) is 6.98. The molecule has 0 aromatic heterocycles. The average Bonchev–Trinajstić information content (AvgIpc) is 3.02. The molecule has 0 radical (unpaired) electrons. The van der Waals surface area contributed by atoms with Gasteiger partial charge >= 0.3 is 0 Å². The van der Waals surface area contributed by atoms with Crippen molar-refractivity contribution in [1.82, 2.24) is 0 Å². The molecule has 110 valence electrons. The molecule has 4 atom stereocenters. The molecule has 2 bridgehead atoms. The molecule has 1 aromatic rings. The van der Waals surface area contributed by atoms with Crippen molar-refractivity contribution in [1.29, 1.82) is 0 Å². The van der Waals surface area contributed by atoms with Crippen LogP contribution in [0.15, 0.2) is 24.3 Å². The monoisotopic (exact) mass is 277 g/mol. The highest BCUT2D eigenvalue weighted by atomic mass is 19.1. The van der Waals surface area contributed by atoms with Gasteiger partial charge in [-0.05, 0) is 49.7 Å². The average molecular weight is 277 g/mol. The summed E-state index contributed by atoms with van der Waals surface area (Å²) in [5.74, 6) is 0.970. The zero-order valence-corrected chi connectivity index (χ0v) is 12.1. The lowest BCUT2D eigenvalue weighted by Crippen LogP contribution is -2.55. The van der Waals surface area contributed by atoms with Gasteiger partial charge in [-0.1, -0.05) is 24.6 Å². The van der Waals surface area contributed by atoms with E-state index < -0.39 is 5.60 Å². The van der Waals surface area contributed by atoms with Crippen molar-refractivity contribution in [3.63, 3.8) is 0 Å². The van der Waals surface area contributed by atoms with E-state index in [9.17, 15) is 9.50 Å². The molecular formula is C17H24FNO. The summed E-state index contributed by atoms with van der Waals surface area (Å²) in [7, 11) is 0. The van der Waals surface area contributed by atoms with Crippen molar-refractivity contribution in [3.05, 3.63) is 35.6 Å². The first-order chi connectivity index (χ1) is 9.48. The largest absolute Gasteiger partial charge is 0.389 e. The second-order valence-corrected chi connectivity index (χ2v) is 6.98. The molecule has 0 amide bonds. The fourth-order valence-corrected chi connectivity index (χ4v) is 4.76. The molecule has 0 saturated heterocycles. The van der Waals surface area contributed by atoms with Gasteiger partial charge in [0.25, 0.3) is 0 Å². The molecule has 2 aliphatic carbocycles. The summed E-state index contributed by atoms with van der Waals surface area (Å²) in [5, 5.41) is 11.1. The molecule has 0 aliphatic heterocycles. The molecule has 3 heteroatoms. The smallest absolute Gasteiger partial charge is 0.126 e. The van der Waals surface area contributed by atoms with E-state index in [1.807, 2.05) is 13.0 Å². The van der Waals surface area contributed by atoms with Gasteiger partial charge in [-0.2, -0.15) is 0 Å². The van der Waals surface area contributed by atoms with Crippen LogP contribution in [0.4, 0.5) is 4.39 Å². The Labute approximate surface area is 120 Å². The Hall–Kier alpha value is -0.930. The minimum Gasteiger partial charge on any atom is -0.389 e. The van der Waals surface area contributed by atoms with Crippen molar-refractivity contribution in [3.8, 4) is 0 Å². The van der Waals surface area contributed by atoms with Gasteiger partial charge < -0.3 is 10.8 Å². The van der Waals surface area contributed by atoms with Gasteiger partial charge in [-0.3, -0.25) is 0 Å². The van der Waals surface area contributed by atoms with E-state index in [0.717, 1.165) is 12.8 Å². The third-order valence-corrected chi connectivity index (χ3v) is 5.91. The van der Waals surface area contributed by atoms with Crippen LogP contribution in [0.3, 0.4) is 0 Å². The van der Waals surface area contributed by atoms with E-state index in [2.05, 4.69) is 0 Å². The topological polar surface area (TPSA) is 46.2 Å². The maximum atomic E-state index is 13.9. The predicted octanol–water partition coefficient (Wildman–Crippen LogP) is 2.88. The highest BCUT2D eigenvalue weighted by Crippen LogP contribution is 2.60.